The van der Waals surface area contributed by atoms with Crippen molar-refractivity contribution in [2.75, 3.05) is 29.9 Å². The minimum absolute atomic E-state index is 0.107. The van der Waals surface area contributed by atoms with Gasteiger partial charge in [-0.15, -0.1) is 0 Å². The zero-order valence-corrected chi connectivity index (χ0v) is 19.1. The number of nitrogens with zero attached hydrogens (tertiary/aromatic N) is 2. The maximum absolute atomic E-state index is 13.5. The molecule has 0 atom stereocenters. The Bertz CT molecular complexity index is 1170. The molecule has 1 aromatic heterocycles. The fraction of sp³-hybridized carbons (Fsp3) is 0.320. The quantitative estimate of drug-likeness (QED) is 0.337. The molecule has 0 unspecified atom stereocenters. The van der Waals surface area contributed by atoms with Crippen molar-refractivity contribution in [1.29, 1.82) is 5.41 Å². The van der Waals surface area contributed by atoms with Crippen molar-refractivity contribution in [3.8, 4) is 11.5 Å². The molecule has 1 saturated heterocycles. The van der Waals surface area contributed by atoms with Crippen molar-refractivity contribution in [3.63, 3.8) is 0 Å². The van der Waals surface area contributed by atoms with Gasteiger partial charge in [0.2, 0.25) is 11.7 Å². The van der Waals surface area contributed by atoms with E-state index in [1.807, 2.05) is 6.92 Å². The van der Waals surface area contributed by atoms with E-state index in [9.17, 15) is 18.0 Å². The molecule has 1 fully saturated rings. The Labute approximate surface area is 200 Å². The van der Waals surface area contributed by atoms with Gasteiger partial charge in [0.15, 0.2) is 11.6 Å². The summed E-state index contributed by atoms with van der Waals surface area (Å²) in [6.07, 6.45) is -3.28. The van der Waals surface area contributed by atoms with Crippen LogP contribution in [0.15, 0.2) is 59.0 Å². The van der Waals surface area contributed by atoms with Crippen molar-refractivity contribution < 1.29 is 27.1 Å². The van der Waals surface area contributed by atoms with Crippen LogP contribution < -0.4 is 10.2 Å². The van der Waals surface area contributed by atoms with Crippen LogP contribution in [-0.4, -0.2) is 36.5 Å². The third kappa shape index (κ3) is 5.64. The average molecular weight is 486 g/mol. The molecule has 0 aliphatic carbocycles. The number of ether oxygens (including phenoxy) is 1. The van der Waals surface area contributed by atoms with Crippen LogP contribution in [0.2, 0.25) is 0 Å². The molecule has 10 heteroatoms. The van der Waals surface area contributed by atoms with Crippen LogP contribution in [0, 0.1) is 11.3 Å². The van der Waals surface area contributed by atoms with Gasteiger partial charge in [-0.1, -0.05) is 18.2 Å². The van der Waals surface area contributed by atoms with E-state index in [0.29, 0.717) is 23.8 Å². The Morgan fingerprint density at radius 2 is 1.80 bits per heavy atom. The van der Waals surface area contributed by atoms with E-state index in [4.69, 9.17) is 14.6 Å². The summed E-state index contributed by atoms with van der Waals surface area (Å²) in [5.74, 6) is -2.29. The summed E-state index contributed by atoms with van der Waals surface area (Å²) in [6.45, 7) is 3.85. The first-order valence-corrected chi connectivity index (χ1v) is 11.3. The van der Waals surface area contributed by atoms with Gasteiger partial charge in [0, 0.05) is 35.9 Å². The molecule has 1 aliphatic heterocycles. The fourth-order valence-corrected chi connectivity index (χ4v) is 3.99. The molecule has 0 bridgehead atoms. The van der Waals surface area contributed by atoms with Crippen molar-refractivity contribution in [3.05, 3.63) is 66.1 Å². The lowest BCUT2D eigenvalue weighted by Gasteiger charge is -2.33. The molecular formula is C25H25F3N4O3. The predicted molar refractivity (Wildman–Crippen MR) is 126 cm³/mol. The molecule has 0 spiro atoms. The van der Waals surface area contributed by atoms with E-state index < -0.39 is 23.5 Å². The molecule has 4 rings (SSSR count). The number of carbonyl (C=O) groups is 1. The van der Waals surface area contributed by atoms with Gasteiger partial charge in [0.05, 0.1) is 6.61 Å². The maximum atomic E-state index is 13.5. The average Bonchev–Trinajstić information content (AvgIpc) is 3.32. The summed E-state index contributed by atoms with van der Waals surface area (Å²) in [6, 6.07) is 14.9. The molecule has 2 aromatic carbocycles. The molecular weight excluding hydrogens is 461 g/mol. The van der Waals surface area contributed by atoms with Gasteiger partial charge in [-0.3, -0.25) is 10.2 Å². The van der Waals surface area contributed by atoms with Crippen molar-refractivity contribution in [2.24, 2.45) is 5.92 Å². The summed E-state index contributed by atoms with van der Waals surface area (Å²) >= 11 is 0. The monoisotopic (exact) mass is 486 g/mol. The number of hydrogen-bond acceptors (Lipinski definition) is 6. The zero-order chi connectivity index (χ0) is 25.0. The number of halogens is 3. The number of rotatable bonds is 6. The van der Waals surface area contributed by atoms with E-state index in [0.717, 1.165) is 31.6 Å². The predicted octanol–water partition coefficient (Wildman–Crippen LogP) is 5.84. The number of nitrogens with one attached hydrogen (secondary N) is 2. The Morgan fingerprint density at radius 3 is 2.40 bits per heavy atom. The standard InChI is InChI=1S/C25H25F3N4O3/c1-2-34-22(29)16-12-14-32(15-13-16)19-10-8-18(9-11-19)30-23(33)20-21(25(26,27)28)35-24(31-20)17-6-4-3-5-7-17/h3-11,16,29H,2,12-15H2,1H3,(H,30,33). The zero-order valence-electron chi connectivity index (χ0n) is 19.1. The number of amides is 1. The number of aromatic nitrogens is 1. The Hall–Kier alpha value is -3.82. The third-order valence-electron chi connectivity index (χ3n) is 5.78. The van der Waals surface area contributed by atoms with E-state index in [1.165, 1.54) is 0 Å². The molecule has 2 N–H and O–H groups in total. The summed E-state index contributed by atoms with van der Waals surface area (Å²) in [4.78, 5) is 18.7. The Kier molecular flexibility index (Phi) is 7.09. The van der Waals surface area contributed by atoms with E-state index >= 15 is 0 Å². The van der Waals surface area contributed by atoms with Gasteiger partial charge < -0.3 is 19.4 Å². The van der Waals surface area contributed by atoms with Gasteiger partial charge >= 0.3 is 6.18 Å². The lowest BCUT2D eigenvalue weighted by atomic mass is 9.96. The van der Waals surface area contributed by atoms with Crippen molar-refractivity contribution in [1.82, 2.24) is 4.98 Å². The van der Waals surface area contributed by atoms with Crippen LogP contribution in [0.5, 0.6) is 0 Å². The molecule has 0 radical (unpaired) electrons. The summed E-state index contributed by atoms with van der Waals surface area (Å²) in [5.41, 5.74) is 0.776. The van der Waals surface area contributed by atoms with Gasteiger partial charge in [0.25, 0.3) is 5.91 Å². The summed E-state index contributed by atoms with van der Waals surface area (Å²) in [7, 11) is 0. The molecule has 1 amide bonds. The number of oxazole rings is 1. The topological polar surface area (TPSA) is 91.5 Å². The number of anilines is 2. The normalized spacial score (nSPS) is 14.6. The van der Waals surface area contributed by atoms with Crippen LogP contribution >= 0.6 is 0 Å². The van der Waals surface area contributed by atoms with E-state index in [1.54, 1.807) is 54.6 Å². The minimum Gasteiger partial charge on any atom is -0.481 e. The van der Waals surface area contributed by atoms with Crippen LogP contribution in [-0.2, 0) is 10.9 Å². The summed E-state index contributed by atoms with van der Waals surface area (Å²) < 4.78 is 50.8. The van der Waals surface area contributed by atoms with E-state index in [-0.39, 0.29) is 11.8 Å². The molecule has 35 heavy (non-hydrogen) atoms. The maximum Gasteiger partial charge on any atom is 0.452 e. The van der Waals surface area contributed by atoms with Crippen LogP contribution in [0.1, 0.15) is 36.0 Å². The van der Waals surface area contributed by atoms with E-state index in [2.05, 4.69) is 15.2 Å². The highest BCUT2D eigenvalue weighted by molar-refractivity contribution is 6.04. The highest BCUT2D eigenvalue weighted by Crippen LogP contribution is 2.35. The van der Waals surface area contributed by atoms with Crippen LogP contribution in [0.25, 0.3) is 11.5 Å². The highest BCUT2D eigenvalue weighted by Gasteiger charge is 2.42. The number of carbonyl (C=O) groups excluding carboxylic acids is 1. The molecule has 7 nitrogen and oxygen atoms in total. The van der Waals surface area contributed by atoms with Crippen molar-refractivity contribution in [2.45, 2.75) is 25.9 Å². The number of alkyl halides is 3. The lowest BCUT2D eigenvalue weighted by molar-refractivity contribution is -0.153. The SMILES string of the molecule is CCOC(=N)C1CCN(c2ccc(NC(=O)c3nc(-c4ccccc4)oc3C(F)(F)F)cc2)CC1. The van der Waals surface area contributed by atoms with Crippen molar-refractivity contribution >= 4 is 23.2 Å². The first-order chi connectivity index (χ1) is 16.8. The second-order valence-electron chi connectivity index (χ2n) is 8.12. The second kappa shape index (κ2) is 10.2. The first-order valence-electron chi connectivity index (χ1n) is 11.3. The second-order valence-corrected chi connectivity index (χ2v) is 8.12. The lowest BCUT2D eigenvalue weighted by Crippen LogP contribution is -2.36. The summed E-state index contributed by atoms with van der Waals surface area (Å²) in [5, 5.41) is 10.4. The smallest absolute Gasteiger partial charge is 0.452 e. The van der Waals surface area contributed by atoms with Gasteiger partial charge in [-0.05, 0) is 56.2 Å². The number of hydrogen-bond donors (Lipinski definition) is 2. The van der Waals surface area contributed by atoms with Gasteiger partial charge in [-0.25, -0.2) is 4.98 Å². The number of piperidine rings is 1. The fourth-order valence-electron chi connectivity index (χ4n) is 3.99. The third-order valence-corrected chi connectivity index (χ3v) is 5.78. The largest absolute Gasteiger partial charge is 0.481 e. The number of benzene rings is 2. The highest BCUT2D eigenvalue weighted by atomic mass is 19.4. The molecule has 1 aliphatic rings. The molecule has 3 aromatic rings. The molecule has 2 heterocycles. The minimum atomic E-state index is -4.87. The van der Waals surface area contributed by atoms with Crippen LogP contribution in [0.3, 0.4) is 0 Å². The molecule has 184 valence electrons. The van der Waals surface area contributed by atoms with Crippen LogP contribution in [0.4, 0.5) is 24.5 Å². The first kappa shape index (κ1) is 24.3. The Balaban J connectivity index is 1.44. The Morgan fingerprint density at radius 1 is 1.14 bits per heavy atom. The molecule has 0 saturated carbocycles. The van der Waals surface area contributed by atoms with Gasteiger partial charge in [-0.2, -0.15) is 13.2 Å². The van der Waals surface area contributed by atoms with Gasteiger partial charge in [0.1, 0.15) is 0 Å².